The Kier molecular flexibility index (Phi) is 5.92. The summed E-state index contributed by atoms with van der Waals surface area (Å²) in [6.45, 7) is 0.725. The van der Waals surface area contributed by atoms with Crippen LogP contribution >= 0.6 is 15.9 Å². The van der Waals surface area contributed by atoms with E-state index in [1.54, 1.807) is 11.9 Å². The highest BCUT2D eigenvalue weighted by Gasteiger charge is 2.34. The zero-order chi connectivity index (χ0) is 12.9. The first-order valence-electron chi connectivity index (χ1n) is 5.97. The molecule has 1 heterocycles. The Morgan fingerprint density at radius 3 is 2.59 bits per heavy atom. The fourth-order valence-corrected chi connectivity index (χ4v) is 4.16. The lowest BCUT2D eigenvalue weighted by Crippen LogP contribution is -2.34. The van der Waals surface area contributed by atoms with Crippen molar-refractivity contribution in [3.05, 3.63) is 0 Å². The van der Waals surface area contributed by atoms with E-state index in [1.807, 2.05) is 0 Å². The SMILES string of the molecule is CN(CCCCCBr)C(=O)C1CCS(=O)(=O)C1. The number of hydrogen-bond acceptors (Lipinski definition) is 3. The normalized spacial score (nSPS) is 22.6. The molecule has 17 heavy (non-hydrogen) atoms. The summed E-state index contributed by atoms with van der Waals surface area (Å²) in [4.78, 5) is 13.6. The molecule has 0 radical (unpaired) electrons. The minimum absolute atomic E-state index is 0.00934. The van der Waals surface area contributed by atoms with Gasteiger partial charge in [-0.3, -0.25) is 4.79 Å². The molecule has 4 nitrogen and oxygen atoms in total. The van der Waals surface area contributed by atoms with Crippen molar-refractivity contribution in [1.29, 1.82) is 0 Å². The Balaban J connectivity index is 2.32. The van der Waals surface area contributed by atoms with E-state index >= 15 is 0 Å². The number of amides is 1. The molecule has 1 atom stereocenters. The smallest absolute Gasteiger partial charge is 0.226 e. The largest absolute Gasteiger partial charge is 0.345 e. The maximum Gasteiger partial charge on any atom is 0.226 e. The zero-order valence-corrected chi connectivity index (χ0v) is 12.6. The Labute approximate surface area is 112 Å². The van der Waals surface area contributed by atoms with Gasteiger partial charge in [0, 0.05) is 18.9 Å². The average Bonchev–Trinajstić information content (AvgIpc) is 2.64. The Morgan fingerprint density at radius 2 is 2.06 bits per heavy atom. The number of sulfone groups is 1. The van der Waals surface area contributed by atoms with E-state index in [2.05, 4.69) is 15.9 Å². The minimum Gasteiger partial charge on any atom is -0.345 e. The van der Waals surface area contributed by atoms with Crippen LogP contribution in [0.15, 0.2) is 0 Å². The number of carbonyl (C=O) groups is 1. The molecule has 1 rings (SSSR count). The highest BCUT2D eigenvalue weighted by atomic mass is 79.9. The molecule has 0 aromatic carbocycles. The Hall–Kier alpha value is -0.100. The van der Waals surface area contributed by atoms with Crippen LogP contribution in [0.4, 0.5) is 0 Å². The van der Waals surface area contributed by atoms with Crippen molar-refractivity contribution < 1.29 is 13.2 Å². The maximum absolute atomic E-state index is 11.9. The van der Waals surface area contributed by atoms with E-state index in [4.69, 9.17) is 0 Å². The van der Waals surface area contributed by atoms with Crippen LogP contribution in [0.5, 0.6) is 0 Å². The number of nitrogens with zero attached hydrogens (tertiary/aromatic N) is 1. The number of halogens is 1. The summed E-state index contributed by atoms with van der Waals surface area (Å²) in [5, 5.41) is 0.992. The third-order valence-corrected chi connectivity index (χ3v) is 5.41. The Bertz CT molecular complexity index is 356. The van der Waals surface area contributed by atoms with Crippen molar-refractivity contribution in [2.75, 3.05) is 30.4 Å². The molecule has 0 spiro atoms. The van der Waals surface area contributed by atoms with Gasteiger partial charge >= 0.3 is 0 Å². The summed E-state index contributed by atoms with van der Waals surface area (Å²) >= 11 is 3.36. The second kappa shape index (κ2) is 6.73. The molecule has 1 aliphatic rings. The molecule has 1 aliphatic heterocycles. The second-order valence-electron chi connectivity index (χ2n) is 4.61. The van der Waals surface area contributed by atoms with Gasteiger partial charge in [-0.2, -0.15) is 0 Å². The van der Waals surface area contributed by atoms with Gasteiger partial charge in [-0.05, 0) is 19.3 Å². The fraction of sp³-hybridized carbons (Fsp3) is 0.909. The third-order valence-electron chi connectivity index (χ3n) is 3.09. The van der Waals surface area contributed by atoms with Crippen molar-refractivity contribution in [3.8, 4) is 0 Å². The van der Waals surface area contributed by atoms with Crippen LogP contribution < -0.4 is 0 Å². The van der Waals surface area contributed by atoms with E-state index in [0.717, 1.165) is 31.1 Å². The lowest BCUT2D eigenvalue weighted by atomic mass is 10.1. The number of carbonyl (C=O) groups excluding carboxylic acids is 1. The number of rotatable bonds is 6. The third kappa shape index (κ3) is 4.95. The monoisotopic (exact) mass is 325 g/mol. The molecule has 0 aromatic rings. The van der Waals surface area contributed by atoms with E-state index in [9.17, 15) is 13.2 Å². The van der Waals surface area contributed by atoms with Crippen LogP contribution in [0.3, 0.4) is 0 Å². The first kappa shape index (κ1) is 15.0. The van der Waals surface area contributed by atoms with Gasteiger partial charge in [0.05, 0.1) is 17.4 Å². The van der Waals surface area contributed by atoms with Gasteiger partial charge in [-0.15, -0.1) is 0 Å². The van der Waals surface area contributed by atoms with Crippen LogP contribution in [0.1, 0.15) is 25.7 Å². The average molecular weight is 326 g/mol. The predicted octanol–water partition coefficient (Wildman–Crippen LogP) is 1.44. The van der Waals surface area contributed by atoms with Gasteiger partial charge in [0.1, 0.15) is 0 Å². The molecule has 0 saturated carbocycles. The van der Waals surface area contributed by atoms with Crippen molar-refractivity contribution in [3.63, 3.8) is 0 Å². The summed E-state index contributed by atoms with van der Waals surface area (Å²) in [5.41, 5.74) is 0. The van der Waals surface area contributed by atoms with E-state index in [0.29, 0.717) is 6.42 Å². The standard InChI is InChI=1S/C11H20BrNO3S/c1-13(7-4-2-3-6-12)11(14)10-5-8-17(15,16)9-10/h10H,2-9H2,1H3. The lowest BCUT2D eigenvalue weighted by Gasteiger charge is -2.20. The molecule has 1 saturated heterocycles. The topological polar surface area (TPSA) is 54.5 Å². The second-order valence-corrected chi connectivity index (χ2v) is 7.63. The van der Waals surface area contributed by atoms with Crippen molar-refractivity contribution in [1.82, 2.24) is 4.90 Å². The van der Waals surface area contributed by atoms with Crippen LogP contribution in [-0.2, 0) is 14.6 Å². The van der Waals surface area contributed by atoms with Gasteiger partial charge in [0.2, 0.25) is 5.91 Å². The molecule has 100 valence electrons. The zero-order valence-electron chi connectivity index (χ0n) is 10.2. The molecular weight excluding hydrogens is 306 g/mol. The number of unbranched alkanes of at least 4 members (excludes halogenated alkanes) is 2. The maximum atomic E-state index is 11.9. The van der Waals surface area contributed by atoms with Crippen LogP contribution in [-0.4, -0.2) is 49.7 Å². The van der Waals surface area contributed by atoms with E-state index in [-0.39, 0.29) is 23.3 Å². The summed E-state index contributed by atoms with van der Waals surface area (Å²) in [6, 6.07) is 0. The Morgan fingerprint density at radius 1 is 1.35 bits per heavy atom. The quantitative estimate of drug-likeness (QED) is 0.548. The molecule has 0 aromatic heterocycles. The minimum atomic E-state index is -2.96. The van der Waals surface area contributed by atoms with E-state index in [1.165, 1.54) is 0 Å². The molecule has 0 N–H and O–H groups in total. The molecule has 0 aliphatic carbocycles. The molecule has 6 heteroatoms. The molecule has 1 unspecified atom stereocenters. The van der Waals surface area contributed by atoms with Crippen molar-refractivity contribution in [2.24, 2.45) is 5.92 Å². The molecule has 1 fully saturated rings. The molecule has 1 amide bonds. The summed E-state index contributed by atoms with van der Waals surface area (Å²) < 4.78 is 22.6. The van der Waals surface area contributed by atoms with E-state index < -0.39 is 9.84 Å². The molecule has 0 bridgehead atoms. The highest BCUT2D eigenvalue weighted by Crippen LogP contribution is 2.20. The van der Waals surface area contributed by atoms with Gasteiger partial charge in [-0.25, -0.2) is 8.42 Å². The first-order chi connectivity index (χ1) is 7.96. The summed E-state index contributed by atoms with van der Waals surface area (Å²) in [6.07, 6.45) is 3.67. The highest BCUT2D eigenvalue weighted by molar-refractivity contribution is 9.09. The van der Waals surface area contributed by atoms with Crippen LogP contribution in [0, 0.1) is 5.92 Å². The van der Waals surface area contributed by atoms with Gasteiger partial charge < -0.3 is 4.90 Å². The summed E-state index contributed by atoms with van der Waals surface area (Å²) in [7, 11) is -1.19. The number of alkyl halides is 1. The van der Waals surface area contributed by atoms with Crippen molar-refractivity contribution in [2.45, 2.75) is 25.7 Å². The molecular formula is C11H20BrNO3S. The number of hydrogen-bond donors (Lipinski definition) is 0. The first-order valence-corrected chi connectivity index (χ1v) is 8.92. The van der Waals surface area contributed by atoms with Crippen LogP contribution in [0.2, 0.25) is 0 Å². The van der Waals surface area contributed by atoms with Gasteiger partial charge in [-0.1, -0.05) is 22.4 Å². The van der Waals surface area contributed by atoms with Gasteiger partial charge in [0.15, 0.2) is 9.84 Å². The van der Waals surface area contributed by atoms with Gasteiger partial charge in [0.25, 0.3) is 0 Å². The van der Waals surface area contributed by atoms with Crippen molar-refractivity contribution >= 4 is 31.7 Å². The lowest BCUT2D eigenvalue weighted by molar-refractivity contribution is -0.133. The fourth-order valence-electron chi connectivity index (χ4n) is 2.03. The van der Waals surface area contributed by atoms with Crippen LogP contribution in [0.25, 0.3) is 0 Å². The predicted molar refractivity (Wildman–Crippen MR) is 72.0 cm³/mol. The summed E-state index contributed by atoms with van der Waals surface area (Å²) in [5.74, 6) is -0.107.